The van der Waals surface area contributed by atoms with Crippen molar-refractivity contribution in [3.05, 3.63) is 0 Å². The number of nitrogens with one attached hydrogen (secondary N) is 1. The number of unbranched alkanes of at least 4 members (excludes halogenated alkanes) is 6. The second-order valence-electron chi connectivity index (χ2n) is 3.64. The van der Waals surface area contributed by atoms with Gasteiger partial charge < -0.3 is 0 Å². The normalized spacial score (nSPS) is 8.40. The summed E-state index contributed by atoms with van der Waals surface area (Å²) in [6, 6.07) is 5.72. The lowest BCUT2D eigenvalue weighted by molar-refractivity contribution is 0.736. The third-order valence-corrected chi connectivity index (χ3v) is 2.11. The van der Waals surface area contributed by atoms with Crippen LogP contribution in [0.4, 0.5) is 0 Å². The molecule has 1 N–H and O–H groups in total. The molecule has 0 radical (unpaired) electrons. The standard InChI is InChI=1S/C14H23N/c1-3-5-7-9-11-13-15-14-12-10-8-6-4-2/h15H,3-10H2,1-2H3. The lowest BCUT2D eigenvalue weighted by Gasteiger charge is -1.88. The molecule has 0 aliphatic rings. The Morgan fingerprint density at radius 2 is 1.20 bits per heavy atom. The van der Waals surface area contributed by atoms with Crippen LogP contribution in [0.15, 0.2) is 0 Å². The van der Waals surface area contributed by atoms with E-state index in [0.717, 1.165) is 12.8 Å². The summed E-state index contributed by atoms with van der Waals surface area (Å²) in [4.78, 5) is 0. The monoisotopic (exact) mass is 205 g/mol. The zero-order valence-electron chi connectivity index (χ0n) is 10.2. The molecule has 1 heteroatoms. The van der Waals surface area contributed by atoms with Crippen molar-refractivity contribution in [2.45, 2.75) is 65.2 Å². The number of rotatable bonds is 6. The first-order valence-corrected chi connectivity index (χ1v) is 6.12. The fraction of sp³-hybridized carbons (Fsp3) is 0.714. The minimum Gasteiger partial charge on any atom is -0.274 e. The second-order valence-corrected chi connectivity index (χ2v) is 3.64. The van der Waals surface area contributed by atoms with Crippen molar-refractivity contribution in [2.75, 3.05) is 0 Å². The molecule has 0 amide bonds. The van der Waals surface area contributed by atoms with E-state index in [1.165, 1.54) is 38.5 Å². The average Bonchev–Trinajstić information content (AvgIpc) is 2.26. The molecule has 0 unspecified atom stereocenters. The molecule has 0 spiro atoms. The molecular weight excluding hydrogens is 182 g/mol. The Labute approximate surface area is 95.0 Å². The lowest BCUT2D eigenvalue weighted by Crippen LogP contribution is -1.92. The summed E-state index contributed by atoms with van der Waals surface area (Å²) in [6.07, 6.45) is 9.44. The van der Waals surface area contributed by atoms with Gasteiger partial charge in [-0.25, -0.2) is 0 Å². The van der Waals surface area contributed by atoms with E-state index in [9.17, 15) is 0 Å². The summed E-state index contributed by atoms with van der Waals surface area (Å²) < 4.78 is 0. The molecule has 0 aliphatic carbocycles. The summed E-state index contributed by atoms with van der Waals surface area (Å²) >= 11 is 0. The van der Waals surface area contributed by atoms with Crippen LogP contribution in [0.1, 0.15) is 65.2 Å². The topological polar surface area (TPSA) is 12.0 Å². The molecule has 84 valence electrons. The molecule has 0 saturated carbocycles. The number of hydrogen-bond acceptors (Lipinski definition) is 1. The Hall–Kier alpha value is -1.08. The van der Waals surface area contributed by atoms with Crippen molar-refractivity contribution >= 4 is 0 Å². The molecule has 0 aromatic carbocycles. The van der Waals surface area contributed by atoms with E-state index in [0.29, 0.717) is 0 Å². The maximum absolute atomic E-state index is 3.06. The Morgan fingerprint density at radius 1 is 0.733 bits per heavy atom. The SMILES string of the molecule is CCCCCC#CNC#CCCCCC. The minimum absolute atomic E-state index is 0.984. The van der Waals surface area contributed by atoms with Crippen LogP contribution >= 0.6 is 0 Å². The predicted octanol–water partition coefficient (Wildman–Crippen LogP) is 3.66. The summed E-state index contributed by atoms with van der Waals surface area (Å²) in [5.41, 5.74) is 0. The second kappa shape index (κ2) is 12.9. The largest absolute Gasteiger partial charge is 0.274 e. The van der Waals surface area contributed by atoms with Crippen molar-refractivity contribution in [1.29, 1.82) is 0 Å². The number of hydrogen-bond donors (Lipinski definition) is 1. The molecule has 0 rings (SSSR count). The Bertz CT molecular complexity index is 208. The van der Waals surface area contributed by atoms with Crippen molar-refractivity contribution in [2.24, 2.45) is 0 Å². The minimum atomic E-state index is 0.984. The highest BCUT2D eigenvalue weighted by molar-refractivity contribution is 5.07. The van der Waals surface area contributed by atoms with E-state index in [4.69, 9.17) is 0 Å². The van der Waals surface area contributed by atoms with Crippen LogP contribution in [0.3, 0.4) is 0 Å². The molecule has 15 heavy (non-hydrogen) atoms. The van der Waals surface area contributed by atoms with Crippen molar-refractivity contribution in [1.82, 2.24) is 5.32 Å². The quantitative estimate of drug-likeness (QED) is 0.396. The van der Waals surface area contributed by atoms with E-state index >= 15 is 0 Å². The van der Waals surface area contributed by atoms with Gasteiger partial charge in [0.05, 0.1) is 0 Å². The van der Waals surface area contributed by atoms with Gasteiger partial charge in [-0.05, 0) is 12.8 Å². The van der Waals surface area contributed by atoms with Gasteiger partial charge >= 0.3 is 0 Å². The van der Waals surface area contributed by atoms with Gasteiger partial charge in [0.25, 0.3) is 0 Å². The van der Waals surface area contributed by atoms with E-state index in [1.807, 2.05) is 0 Å². The van der Waals surface area contributed by atoms with Crippen LogP contribution in [-0.2, 0) is 0 Å². The summed E-state index contributed by atoms with van der Waals surface area (Å²) in [5, 5.41) is 2.82. The first-order chi connectivity index (χ1) is 7.41. The van der Waals surface area contributed by atoms with Gasteiger partial charge in [-0.2, -0.15) is 0 Å². The van der Waals surface area contributed by atoms with Crippen molar-refractivity contribution in [3.8, 4) is 23.9 Å². The van der Waals surface area contributed by atoms with E-state index in [2.05, 4.69) is 43.1 Å². The fourth-order valence-electron chi connectivity index (χ4n) is 1.17. The molecule has 0 atom stereocenters. The third kappa shape index (κ3) is 12.9. The van der Waals surface area contributed by atoms with Gasteiger partial charge in [0.2, 0.25) is 0 Å². The van der Waals surface area contributed by atoms with Gasteiger partial charge in [-0.1, -0.05) is 51.4 Å². The molecule has 0 heterocycles. The summed E-state index contributed by atoms with van der Waals surface area (Å²) in [5.74, 6) is 6.12. The first-order valence-electron chi connectivity index (χ1n) is 6.12. The molecule has 0 aromatic heterocycles. The molecule has 0 bridgehead atoms. The zero-order chi connectivity index (χ0) is 11.2. The Kier molecular flexibility index (Phi) is 12.0. The van der Waals surface area contributed by atoms with Crippen LogP contribution < -0.4 is 5.32 Å². The molecule has 0 fully saturated rings. The average molecular weight is 205 g/mol. The van der Waals surface area contributed by atoms with Crippen LogP contribution in [0.25, 0.3) is 0 Å². The smallest absolute Gasteiger partial charge is 0.0171 e. The summed E-state index contributed by atoms with van der Waals surface area (Å²) in [6.45, 7) is 4.40. The molecular formula is C14H23N. The van der Waals surface area contributed by atoms with E-state index < -0.39 is 0 Å². The van der Waals surface area contributed by atoms with Gasteiger partial charge in [-0.15, -0.1) is 0 Å². The Balaban J connectivity index is 3.26. The van der Waals surface area contributed by atoms with Gasteiger partial charge in [0.1, 0.15) is 0 Å². The van der Waals surface area contributed by atoms with Gasteiger partial charge in [0.15, 0.2) is 0 Å². The van der Waals surface area contributed by atoms with E-state index in [1.54, 1.807) is 0 Å². The molecule has 0 aromatic rings. The highest BCUT2D eigenvalue weighted by atomic mass is 14.8. The third-order valence-electron chi connectivity index (χ3n) is 2.11. The summed E-state index contributed by atoms with van der Waals surface area (Å²) in [7, 11) is 0. The zero-order valence-corrected chi connectivity index (χ0v) is 10.2. The van der Waals surface area contributed by atoms with Gasteiger partial charge in [0, 0.05) is 24.9 Å². The lowest BCUT2D eigenvalue weighted by atomic mass is 10.2. The van der Waals surface area contributed by atoms with Crippen LogP contribution in [-0.4, -0.2) is 0 Å². The molecule has 0 saturated heterocycles. The molecule has 1 nitrogen and oxygen atoms in total. The van der Waals surface area contributed by atoms with E-state index in [-0.39, 0.29) is 0 Å². The highest BCUT2D eigenvalue weighted by Crippen LogP contribution is 1.96. The van der Waals surface area contributed by atoms with Crippen LogP contribution in [0.5, 0.6) is 0 Å². The highest BCUT2D eigenvalue weighted by Gasteiger charge is 1.80. The fourth-order valence-corrected chi connectivity index (χ4v) is 1.17. The maximum Gasteiger partial charge on any atom is 0.0171 e. The predicted molar refractivity (Wildman–Crippen MR) is 67.0 cm³/mol. The maximum atomic E-state index is 3.06. The van der Waals surface area contributed by atoms with Crippen molar-refractivity contribution in [3.63, 3.8) is 0 Å². The van der Waals surface area contributed by atoms with Gasteiger partial charge in [-0.3, -0.25) is 5.32 Å². The Morgan fingerprint density at radius 3 is 1.60 bits per heavy atom. The first kappa shape index (κ1) is 13.9. The molecule has 0 aliphatic heterocycles. The van der Waals surface area contributed by atoms with Crippen LogP contribution in [0.2, 0.25) is 0 Å². The van der Waals surface area contributed by atoms with Crippen molar-refractivity contribution < 1.29 is 0 Å². The van der Waals surface area contributed by atoms with Crippen LogP contribution in [0, 0.1) is 23.9 Å².